The van der Waals surface area contributed by atoms with Crippen LogP contribution in [0.2, 0.25) is 0 Å². The highest BCUT2D eigenvalue weighted by molar-refractivity contribution is 5.46. The number of nitrogen functional groups attached to an aromatic ring is 1. The lowest BCUT2D eigenvalue weighted by molar-refractivity contribution is 0.118. The van der Waals surface area contributed by atoms with Gasteiger partial charge in [-0.2, -0.15) is 4.80 Å². The molecule has 6 heteroatoms. The molecule has 0 atom stereocenters. The number of benzene rings is 1. The predicted octanol–water partition coefficient (Wildman–Crippen LogP) is 0.552. The monoisotopic (exact) mass is 233 g/mol. The molecule has 0 aliphatic heterocycles. The quantitative estimate of drug-likeness (QED) is 0.602. The number of ether oxygens (including phenoxy) is 1. The molecule has 0 aliphatic carbocycles. The van der Waals surface area contributed by atoms with Crippen molar-refractivity contribution in [3.8, 4) is 0 Å². The maximum Gasteiger partial charge on any atom is 0.200 e. The molecular formula is C11H15N5O. The molecule has 6 nitrogen and oxygen atoms in total. The predicted molar refractivity (Wildman–Crippen MR) is 63.0 cm³/mol. The van der Waals surface area contributed by atoms with Crippen molar-refractivity contribution >= 4 is 5.69 Å². The van der Waals surface area contributed by atoms with E-state index in [1.54, 1.807) is 7.05 Å². The zero-order valence-corrected chi connectivity index (χ0v) is 9.71. The summed E-state index contributed by atoms with van der Waals surface area (Å²) >= 11 is 0. The third-order valence-electron chi connectivity index (χ3n) is 2.35. The van der Waals surface area contributed by atoms with E-state index in [1.165, 1.54) is 4.80 Å². The largest absolute Gasteiger partial charge is 0.399 e. The van der Waals surface area contributed by atoms with Gasteiger partial charge in [-0.25, -0.2) is 0 Å². The van der Waals surface area contributed by atoms with Gasteiger partial charge in [-0.15, -0.1) is 10.2 Å². The Morgan fingerprint density at radius 2 is 2.18 bits per heavy atom. The van der Waals surface area contributed by atoms with E-state index in [0.717, 1.165) is 17.7 Å². The lowest BCUT2D eigenvalue weighted by atomic mass is 10.1. The number of anilines is 1. The summed E-state index contributed by atoms with van der Waals surface area (Å²) in [5.74, 6) is 0.591. The number of tetrazole rings is 1. The molecule has 1 aromatic carbocycles. The Labute approximate surface area is 99.4 Å². The number of hydrogen-bond acceptors (Lipinski definition) is 5. The first-order valence-corrected chi connectivity index (χ1v) is 5.39. The normalized spacial score (nSPS) is 10.6. The smallest absolute Gasteiger partial charge is 0.200 e. The Hall–Kier alpha value is -1.95. The van der Waals surface area contributed by atoms with Gasteiger partial charge in [0.1, 0.15) is 6.61 Å². The van der Waals surface area contributed by atoms with Crippen LogP contribution in [-0.2, 0) is 24.8 Å². The number of para-hydroxylation sites is 1. The van der Waals surface area contributed by atoms with Crippen LogP contribution in [0.1, 0.15) is 11.4 Å². The zero-order valence-electron chi connectivity index (χ0n) is 9.71. The van der Waals surface area contributed by atoms with Gasteiger partial charge >= 0.3 is 0 Å². The van der Waals surface area contributed by atoms with E-state index in [0.29, 0.717) is 19.0 Å². The summed E-state index contributed by atoms with van der Waals surface area (Å²) in [6.07, 6.45) is 0.785. The number of nitrogens with zero attached hydrogens (tertiary/aromatic N) is 4. The van der Waals surface area contributed by atoms with Crippen LogP contribution >= 0.6 is 0 Å². The summed E-state index contributed by atoms with van der Waals surface area (Å²) in [6, 6.07) is 7.78. The molecule has 0 saturated carbocycles. The number of aryl methyl sites for hydroxylation is 1. The molecule has 0 saturated heterocycles. The van der Waals surface area contributed by atoms with Crippen molar-refractivity contribution in [1.82, 2.24) is 20.2 Å². The van der Waals surface area contributed by atoms with E-state index in [2.05, 4.69) is 15.4 Å². The topological polar surface area (TPSA) is 78.8 Å². The van der Waals surface area contributed by atoms with Crippen LogP contribution < -0.4 is 5.73 Å². The summed E-state index contributed by atoms with van der Waals surface area (Å²) < 4.78 is 5.46. The SMILES string of the molecule is Cn1nnc(COCCc2ccccc2N)n1. The van der Waals surface area contributed by atoms with Gasteiger partial charge in [0.05, 0.1) is 13.7 Å². The van der Waals surface area contributed by atoms with Crippen LogP contribution in [0.25, 0.3) is 0 Å². The minimum absolute atomic E-state index is 0.376. The van der Waals surface area contributed by atoms with E-state index in [4.69, 9.17) is 10.5 Å². The first-order chi connectivity index (χ1) is 8.25. The molecule has 0 bridgehead atoms. The maximum atomic E-state index is 5.82. The lowest BCUT2D eigenvalue weighted by Gasteiger charge is -2.04. The molecule has 0 spiro atoms. The molecule has 1 heterocycles. The van der Waals surface area contributed by atoms with Gasteiger partial charge in [0, 0.05) is 5.69 Å². The van der Waals surface area contributed by atoms with Crippen LogP contribution in [0.5, 0.6) is 0 Å². The van der Waals surface area contributed by atoms with Crippen molar-refractivity contribution in [2.24, 2.45) is 7.05 Å². The summed E-state index contributed by atoms with van der Waals surface area (Å²) in [5, 5.41) is 11.6. The van der Waals surface area contributed by atoms with Crippen LogP contribution in [0.4, 0.5) is 5.69 Å². The number of rotatable bonds is 5. The fourth-order valence-corrected chi connectivity index (χ4v) is 1.49. The maximum absolute atomic E-state index is 5.82. The van der Waals surface area contributed by atoms with Crippen LogP contribution in [0.15, 0.2) is 24.3 Å². The number of aromatic nitrogens is 4. The fourth-order valence-electron chi connectivity index (χ4n) is 1.49. The van der Waals surface area contributed by atoms with Crippen molar-refractivity contribution in [3.05, 3.63) is 35.7 Å². The molecule has 1 aromatic heterocycles. The van der Waals surface area contributed by atoms with Crippen LogP contribution in [0, 0.1) is 0 Å². The lowest BCUT2D eigenvalue weighted by Crippen LogP contribution is -2.03. The van der Waals surface area contributed by atoms with E-state index < -0.39 is 0 Å². The van der Waals surface area contributed by atoms with Crippen LogP contribution in [-0.4, -0.2) is 26.8 Å². The van der Waals surface area contributed by atoms with E-state index in [1.807, 2.05) is 24.3 Å². The molecule has 0 amide bonds. The van der Waals surface area contributed by atoms with Gasteiger partial charge in [0.15, 0.2) is 5.82 Å². The average Bonchev–Trinajstić information content (AvgIpc) is 2.73. The Kier molecular flexibility index (Phi) is 3.66. The van der Waals surface area contributed by atoms with Gasteiger partial charge in [-0.3, -0.25) is 0 Å². The second-order valence-corrected chi connectivity index (χ2v) is 3.70. The molecule has 2 aromatic rings. The van der Waals surface area contributed by atoms with Gasteiger partial charge < -0.3 is 10.5 Å². The van der Waals surface area contributed by atoms with Crippen molar-refractivity contribution in [3.63, 3.8) is 0 Å². The molecule has 0 radical (unpaired) electrons. The van der Waals surface area contributed by atoms with E-state index in [9.17, 15) is 0 Å². The summed E-state index contributed by atoms with van der Waals surface area (Å²) in [4.78, 5) is 1.41. The highest BCUT2D eigenvalue weighted by Crippen LogP contribution is 2.11. The third-order valence-corrected chi connectivity index (χ3v) is 2.35. The van der Waals surface area contributed by atoms with Crippen molar-refractivity contribution in [2.75, 3.05) is 12.3 Å². The third kappa shape index (κ3) is 3.25. The van der Waals surface area contributed by atoms with Gasteiger partial charge in [0.2, 0.25) is 0 Å². The van der Waals surface area contributed by atoms with Gasteiger partial charge in [-0.1, -0.05) is 18.2 Å². The highest BCUT2D eigenvalue weighted by atomic mass is 16.5. The van der Waals surface area contributed by atoms with E-state index in [-0.39, 0.29) is 0 Å². The standard InChI is InChI=1S/C11H15N5O/c1-16-14-11(13-15-16)8-17-7-6-9-4-2-3-5-10(9)12/h2-5H,6-8,12H2,1H3. The Bertz CT molecular complexity index is 482. The molecule has 0 aliphatic rings. The Morgan fingerprint density at radius 1 is 1.35 bits per heavy atom. The van der Waals surface area contributed by atoms with Crippen molar-refractivity contribution < 1.29 is 4.74 Å². The number of nitrogens with two attached hydrogens (primary N) is 1. The Morgan fingerprint density at radius 3 is 2.88 bits per heavy atom. The van der Waals surface area contributed by atoms with Gasteiger partial charge in [0.25, 0.3) is 0 Å². The first-order valence-electron chi connectivity index (χ1n) is 5.39. The van der Waals surface area contributed by atoms with Gasteiger partial charge in [-0.05, 0) is 23.3 Å². The second kappa shape index (κ2) is 5.40. The molecule has 90 valence electrons. The second-order valence-electron chi connectivity index (χ2n) is 3.70. The minimum Gasteiger partial charge on any atom is -0.399 e. The summed E-state index contributed by atoms with van der Waals surface area (Å²) in [5.41, 5.74) is 7.72. The van der Waals surface area contributed by atoms with Crippen molar-refractivity contribution in [1.29, 1.82) is 0 Å². The van der Waals surface area contributed by atoms with E-state index >= 15 is 0 Å². The molecule has 0 fully saturated rings. The summed E-state index contributed by atoms with van der Waals surface area (Å²) in [7, 11) is 1.72. The molecule has 2 N–H and O–H groups in total. The zero-order chi connectivity index (χ0) is 12.1. The Balaban J connectivity index is 1.75. The first kappa shape index (κ1) is 11.5. The van der Waals surface area contributed by atoms with Crippen LogP contribution in [0.3, 0.4) is 0 Å². The van der Waals surface area contributed by atoms with Crippen molar-refractivity contribution in [2.45, 2.75) is 13.0 Å². The fraction of sp³-hybridized carbons (Fsp3) is 0.364. The average molecular weight is 233 g/mol. The molecule has 17 heavy (non-hydrogen) atoms. The minimum atomic E-state index is 0.376. The highest BCUT2D eigenvalue weighted by Gasteiger charge is 2.01. The summed E-state index contributed by atoms with van der Waals surface area (Å²) in [6.45, 7) is 0.965. The molecule has 0 unspecified atom stereocenters. The molecule has 2 rings (SSSR count). The number of hydrogen-bond donors (Lipinski definition) is 1. The molecular weight excluding hydrogens is 218 g/mol.